The lowest BCUT2D eigenvalue weighted by molar-refractivity contribution is 0.199. The summed E-state index contributed by atoms with van der Waals surface area (Å²) >= 11 is 12.2. The maximum atomic E-state index is 6.20. The zero-order valence-electron chi connectivity index (χ0n) is 10.9. The summed E-state index contributed by atoms with van der Waals surface area (Å²) in [6, 6.07) is 7.69. The number of hydrogen-bond donors (Lipinski definition) is 0. The van der Waals surface area contributed by atoms with Crippen LogP contribution in [0.25, 0.3) is 10.9 Å². The van der Waals surface area contributed by atoms with E-state index in [0.29, 0.717) is 18.2 Å². The second-order valence-electron chi connectivity index (χ2n) is 4.42. The van der Waals surface area contributed by atoms with Crippen LogP contribution >= 0.6 is 23.2 Å². The molecular weight excluding hydrogens is 283 g/mol. The van der Waals surface area contributed by atoms with E-state index in [2.05, 4.69) is 9.88 Å². The first kappa shape index (κ1) is 14.4. The standard InChI is InChI=1S/C14H16Cl2N2O/c1-18(8-11(16)9-19-2)14-5-6-17-13-7-10(15)3-4-12(13)14/h3-7,11H,8-9H2,1-2H3. The van der Waals surface area contributed by atoms with E-state index in [1.807, 2.05) is 31.3 Å². The van der Waals surface area contributed by atoms with E-state index in [0.717, 1.165) is 16.6 Å². The van der Waals surface area contributed by atoms with Crippen LogP contribution in [0.15, 0.2) is 30.5 Å². The Balaban J connectivity index is 2.29. The predicted octanol–water partition coefficient (Wildman–Crippen LogP) is 3.58. The number of fused-ring (bicyclic) bond motifs is 1. The maximum absolute atomic E-state index is 6.20. The van der Waals surface area contributed by atoms with E-state index < -0.39 is 0 Å². The monoisotopic (exact) mass is 298 g/mol. The van der Waals surface area contributed by atoms with Crippen LogP contribution in [0, 0.1) is 0 Å². The van der Waals surface area contributed by atoms with E-state index >= 15 is 0 Å². The highest BCUT2D eigenvalue weighted by Gasteiger charge is 2.11. The number of rotatable bonds is 5. The fourth-order valence-corrected chi connectivity index (χ4v) is 2.57. The van der Waals surface area contributed by atoms with Crippen LogP contribution in [0.1, 0.15) is 0 Å². The Labute approximate surface area is 123 Å². The quantitative estimate of drug-likeness (QED) is 0.789. The first-order valence-corrected chi connectivity index (χ1v) is 6.81. The van der Waals surface area contributed by atoms with E-state index in [4.69, 9.17) is 27.9 Å². The Morgan fingerprint density at radius 1 is 1.37 bits per heavy atom. The summed E-state index contributed by atoms with van der Waals surface area (Å²) < 4.78 is 5.06. The van der Waals surface area contributed by atoms with Gasteiger partial charge in [-0.1, -0.05) is 11.6 Å². The molecule has 1 unspecified atom stereocenters. The van der Waals surface area contributed by atoms with Gasteiger partial charge in [-0.25, -0.2) is 0 Å². The lowest BCUT2D eigenvalue weighted by atomic mass is 10.1. The molecule has 3 nitrogen and oxygen atoms in total. The molecular formula is C14H16Cl2N2O. The van der Waals surface area contributed by atoms with Crippen molar-refractivity contribution in [2.45, 2.75) is 5.38 Å². The van der Waals surface area contributed by atoms with Crippen molar-refractivity contribution < 1.29 is 4.74 Å². The Morgan fingerprint density at radius 2 is 2.16 bits per heavy atom. The molecule has 0 aliphatic heterocycles. The van der Waals surface area contributed by atoms with Gasteiger partial charge in [0.05, 0.1) is 17.5 Å². The number of benzene rings is 1. The lowest BCUT2D eigenvalue weighted by Crippen LogP contribution is -2.28. The minimum atomic E-state index is -0.0504. The number of nitrogens with zero attached hydrogens (tertiary/aromatic N) is 2. The summed E-state index contributed by atoms with van der Waals surface area (Å²) in [6.07, 6.45) is 1.78. The molecule has 0 saturated heterocycles. The van der Waals surface area contributed by atoms with Crippen LogP contribution in [0.4, 0.5) is 5.69 Å². The fourth-order valence-electron chi connectivity index (χ4n) is 2.07. The van der Waals surface area contributed by atoms with Crippen molar-refractivity contribution in [2.24, 2.45) is 0 Å². The van der Waals surface area contributed by atoms with Crippen LogP contribution in [-0.2, 0) is 4.74 Å². The van der Waals surface area contributed by atoms with Gasteiger partial charge in [0, 0.05) is 43.0 Å². The number of halogens is 2. The van der Waals surface area contributed by atoms with Gasteiger partial charge in [0.25, 0.3) is 0 Å². The largest absolute Gasteiger partial charge is 0.383 e. The van der Waals surface area contributed by atoms with Crippen molar-refractivity contribution in [3.8, 4) is 0 Å². The number of aromatic nitrogens is 1. The van der Waals surface area contributed by atoms with Crippen molar-refractivity contribution in [3.63, 3.8) is 0 Å². The fraction of sp³-hybridized carbons (Fsp3) is 0.357. The molecule has 19 heavy (non-hydrogen) atoms. The molecule has 0 aliphatic carbocycles. The predicted molar refractivity (Wildman–Crippen MR) is 81.5 cm³/mol. The Hall–Kier alpha value is -1.03. The highest BCUT2D eigenvalue weighted by atomic mass is 35.5. The van der Waals surface area contributed by atoms with E-state index in [-0.39, 0.29) is 5.38 Å². The summed E-state index contributed by atoms with van der Waals surface area (Å²) in [5.41, 5.74) is 1.97. The van der Waals surface area contributed by atoms with Gasteiger partial charge in [0.1, 0.15) is 0 Å². The van der Waals surface area contributed by atoms with E-state index in [1.165, 1.54) is 0 Å². The maximum Gasteiger partial charge on any atom is 0.0744 e. The third-order valence-electron chi connectivity index (χ3n) is 2.91. The van der Waals surface area contributed by atoms with Crippen LogP contribution in [-0.4, -0.2) is 37.7 Å². The highest BCUT2D eigenvalue weighted by molar-refractivity contribution is 6.31. The third-order valence-corrected chi connectivity index (χ3v) is 3.41. The van der Waals surface area contributed by atoms with Gasteiger partial charge in [0.2, 0.25) is 0 Å². The van der Waals surface area contributed by atoms with Gasteiger partial charge in [0.15, 0.2) is 0 Å². The van der Waals surface area contributed by atoms with E-state index in [1.54, 1.807) is 13.3 Å². The molecule has 0 fully saturated rings. The second-order valence-corrected chi connectivity index (χ2v) is 5.48. The second kappa shape index (κ2) is 6.42. The first-order chi connectivity index (χ1) is 9.11. The summed E-state index contributed by atoms with van der Waals surface area (Å²) in [5.74, 6) is 0. The smallest absolute Gasteiger partial charge is 0.0744 e. The molecule has 1 aromatic heterocycles. The summed E-state index contributed by atoms with van der Waals surface area (Å²) in [6.45, 7) is 1.23. The highest BCUT2D eigenvalue weighted by Crippen LogP contribution is 2.27. The SMILES string of the molecule is COCC(Cl)CN(C)c1ccnc2cc(Cl)ccc12. The van der Waals surface area contributed by atoms with Gasteiger partial charge < -0.3 is 9.64 Å². The lowest BCUT2D eigenvalue weighted by Gasteiger charge is -2.23. The zero-order chi connectivity index (χ0) is 13.8. The van der Waals surface area contributed by atoms with Gasteiger partial charge in [-0.3, -0.25) is 4.98 Å². The van der Waals surface area contributed by atoms with Gasteiger partial charge in [-0.05, 0) is 24.3 Å². The molecule has 2 aromatic rings. The molecule has 0 radical (unpaired) electrons. The molecule has 1 heterocycles. The molecule has 102 valence electrons. The van der Waals surface area contributed by atoms with Gasteiger partial charge >= 0.3 is 0 Å². The van der Waals surface area contributed by atoms with Crippen molar-refractivity contribution in [1.82, 2.24) is 4.98 Å². The number of methoxy groups -OCH3 is 1. The van der Waals surface area contributed by atoms with Crippen molar-refractivity contribution in [3.05, 3.63) is 35.5 Å². The molecule has 0 bridgehead atoms. The number of pyridine rings is 1. The van der Waals surface area contributed by atoms with Crippen LogP contribution in [0.3, 0.4) is 0 Å². The number of ether oxygens (including phenoxy) is 1. The molecule has 0 saturated carbocycles. The van der Waals surface area contributed by atoms with Crippen LogP contribution < -0.4 is 4.90 Å². The molecule has 0 aliphatic rings. The topological polar surface area (TPSA) is 25.4 Å². The van der Waals surface area contributed by atoms with Crippen LogP contribution in [0.5, 0.6) is 0 Å². The number of hydrogen-bond acceptors (Lipinski definition) is 3. The van der Waals surface area contributed by atoms with Crippen molar-refractivity contribution in [1.29, 1.82) is 0 Å². The number of anilines is 1. The number of alkyl halides is 1. The minimum Gasteiger partial charge on any atom is -0.383 e. The molecule has 0 spiro atoms. The first-order valence-electron chi connectivity index (χ1n) is 6.00. The Kier molecular flexibility index (Phi) is 4.86. The Bertz CT molecular complexity index is 562. The molecule has 5 heteroatoms. The summed E-state index contributed by atoms with van der Waals surface area (Å²) in [5, 5.41) is 1.70. The van der Waals surface area contributed by atoms with Crippen LogP contribution in [0.2, 0.25) is 5.02 Å². The summed E-state index contributed by atoms with van der Waals surface area (Å²) in [4.78, 5) is 6.44. The van der Waals surface area contributed by atoms with Crippen molar-refractivity contribution in [2.75, 3.05) is 32.2 Å². The average Bonchev–Trinajstić information content (AvgIpc) is 2.37. The molecule has 1 aromatic carbocycles. The molecule has 0 amide bonds. The van der Waals surface area contributed by atoms with Gasteiger partial charge in [-0.2, -0.15) is 0 Å². The molecule has 1 atom stereocenters. The zero-order valence-corrected chi connectivity index (χ0v) is 12.4. The van der Waals surface area contributed by atoms with E-state index in [9.17, 15) is 0 Å². The molecule has 0 N–H and O–H groups in total. The molecule has 2 rings (SSSR count). The summed E-state index contributed by atoms with van der Waals surface area (Å²) in [7, 11) is 3.66. The average molecular weight is 299 g/mol. The third kappa shape index (κ3) is 3.50. The van der Waals surface area contributed by atoms with Gasteiger partial charge in [-0.15, -0.1) is 11.6 Å². The van der Waals surface area contributed by atoms with Crippen molar-refractivity contribution >= 4 is 39.8 Å². The minimum absolute atomic E-state index is 0.0504. The Morgan fingerprint density at radius 3 is 2.89 bits per heavy atom. The normalized spacial score (nSPS) is 12.6.